The smallest absolute Gasteiger partial charge is 0.132 e. The topological polar surface area (TPSA) is 49.5 Å². The van der Waals surface area contributed by atoms with Gasteiger partial charge in [-0.2, -0.15) is 0 Å². The van der Waals surface area contributed by atoms with Crippen LogP contribution < -0.4 is 5.73 Å². The van der Waals surface area contributed by atoms with Crippen LogP contribution in [0.15, 0.2) is 18.2 Å². The normalized spacial score (nSPS) is 11.5. The van der Waals surface area contributed by atoms with E-state index in [-0.39, 0.29) is 19.0 Å². The molecule has 4 heteroatoms. The van der Waals surface area contributed by atoms with Crippen LogP contribution in [0, 0.1) is 5.82 Å². The zero-order valence-corrected chi connectivity index (χ0v) is 11.9. The highest BCUT2D eigenvalue weighted by molar-refractivity contribution is 5.26. The van der Waals surface area contributed by atoms with Gasteiger partial charge in [-0.05, 0) is 12.8 Å². The molecule has 3 N–H and O–H groups in total. The summed E-state index contributed by atoms with van der Waals surface area (Å²) in [5, 5.41) is 9.17. The number of hydrogen-bond donors (Lipinski definition) is 2. The van der Waals surface area contributed by atoms with Crippen molar-refractivity contribution < 1.29 is 9.50 Å². The molecule has 0 saturated carbocycles. The lowest BCUT2D eigenvalue weighted by Gasteiger charge is -2.30. The van der Waals surface area contributed by atoms with Crippen molar-refractivity contribution in [3.05, 3.63) is 35.1 Å². The number of aliphatic hydroxyl groups is 1. The van der Waals surface area contributed by atoms with E-state index in [0.29, 0.717) is 30.3 Å². The van der Waals surface area contributed by atoms with E-state index in [1.54, 1.807) is 12.1 Å². The van der Waals surface area contributed by atoms with E-state index < -0.39 is 0 Å². The number of benzene rings is 1. The van der Waals surface area contributed by atoms with Gasteiger partial charge < -0.3 is 10.8 Å². The van der Waals surface area contributed by atoms with Crippen LogP contribution in [-0.4, -0.2) is 29.2 Å². The van der Waals surface area contributed by atoms with Crippen LogP contribution in [0.2, 0.25) is 0 Å². The van der Waals surface area contributed by atoms with Gasteiger partial charge >= 0.3 is 0 Å². The van der Waals surface area contributed by atoms with Crippen molar-refractivity contribution in [1.82, 2.24) is 4.90 Å². The van der Waals surface area contributed by atoms with Gasteiger partial charge in [0, 0.05) is 36.8 Å². The van der Waals surface area contributed by atoms with Crippen LogP contribution in [0.1, 0.15) is 37.8 Å². The third kappa shape index (κ3) is 4.27. The Hall–Kier alpha value is -0.970. The molecule has 1 aromatic rings. The average molecular weight is 268 g/mol. The Morgan fingerprint density at radius 1 is 1.26 bits per heavy atom. The molecule has 0 aliphatic rings. The first-order valence-electron chi connectivity index (χ1n) is 6.99. The van der Waals surface area contributed by atoms with Crippen molar-refractivity contribution in [3.63, 3.8) is 0 Å². The minimum Gasteiger partial charge on any atom is -0.395 e. The summed E-state index contributed by atoms with van der Waals surface area (Å²) in [4.78, 5) is 2.14. The van der Waals surface area contributed by atoms with Crippen molar-refractivity contribution in [3.8, 4) is 0 Å². The predicted molar refractivity (Wildman–Crippen MR) is 76.2 cm³/mol. The Morgan fingerprint density at radius 2 is 1.89 bits per heavy atom. The summed E-state index contributed by atoms with van der Waals surface area (Å²) >= 11 is 0. The van der Waals surface area contributed by atoms with Gasteiger partial charge in [-0.1, -0.05) is 32.0 Å². The van der Waals surface area contributed by atoms with Gasteiger partial charge in [-0.15, -0.1) is 0 Å². The highest BCUT2D eigenvalue weighted by Gasteiger charge is 2.17. The van der Waals surface area contributed by atoms with Crippen molar-refractivity contribution >= 4 is 0 Å². The lowest BCUT2D eigenvalue weighted by Crippen LogP contribution is -2.36. The molecule has 0 radical (unpaired) electrons. The molecule has 0 fully saturated rings. The molecule has 0 saturated heterocycles. The molecule has 0 spiro atoms. The molecule has 108 valence electrons. The van der Waals surface area contributed by atoms with Gasteiger partial charge in [-0.3, -0.25) is 4.90 Å². The van der Waals surface area contributed by atoms with E-state index in [1.165, 1.54) is 0 Å². The van der Waals surface area contributed by atoms with Crippen molar-refractivity contribution in [2.45, 2.75) is 45.8 Å². The highest BCUT2D eigenvalue weighted by atomic mass is 19.1. The Kier molecular flexibility index (Phi) is 6.99. The molecule has 0 aromatic heterocycles. The lowest BCUT2D eigenvalue weighted by atomic mass is 10.1. The van der Waals surface area contributed by atoms with Gasteiger partial charge in [0.15, 0.2) is 0 Å². The number of rotatable bonds is 8. The average Bonchev–Trinajstić information content (AvgIpc) is 2.42. The van der Waals surface area contributed by atoms with Crippen molar-refractivity contribution in [2.75, 3.05) is 13.2 Å². The summed E-state index contributed by atoms with van der Waals surface area (Å²) in [5.41, 5.74) is 6.73. The number of aliphatic hydroxyl groups excluding tert-OH is 1. The molecule has 0 heterocycles. The molecule has 0 atom stereocenters. The van der Waals surface area contributed by atoms with Crippen LogP contribution in [0.4, 0.5) is 4.39 Å². The first-order chi connectivity index (χ1) is 9.17. The van der Waals surface area contributed by atoms with Crippen LogP contribution in [-0.2, 0) is 13.1 Å². The second-order valence-corrected chi connectivity index (χ2v) is 4.76. The third-order valence-electron chi connectivity index (χ3n) is 3.60. The zero-order chi connectivity index (χ0) is 14.3. The Balaban J connectivity index is 2.89. The largest absolute Gasteiger partial charge is 0.395 e. The Labute approximate surface area is 115 Å². The quantitative estimate of drug-likeness (QED) is 0.760. The van der Waals surface area contributed by atoms with Gasteiger partial charge in [0.05, 0.1) is 6.61 Å². The lowest BCUT2D eigenvalue weighted by molar-refractivity contribution is 0.135. The first kappa shape index (κ1) is 16.1. The molecule has 0 bridgehead atoms. The number of hydrogen-bond acceptors (Lipinski definition) is 3. The molecule has 1 aromatic carbocycles. The molecule has 3 nitrogen and oxygen atoms in total. The molecule has 0 aliphatic heterocycles. The number of nitrogens with two attached hydrogens (primary N) is 1. The number of nitrogens with zero attached hydrogens (tertiary/aromatic N) is 1. The molecule has 1 rings (SSSR count). The van der Waals surface area contributed by atoms with Crippen LogP contribution in [0.5, 0.6) is 0 Å². The Bertz CT molecular complexity index is 380. The van der Waals surface area contributed by atoms with Gasteiger partial charge in [0.25, 0.3) is 0 Å². The molecular formula is C15H25FN2O. The maximum atomic E-state index is 14.2. The second-order valence-electron chi connectivity index (χ2n) is 4.76. The van der Waals surface area contributed by atoms with Gasteiger partial charge in [-0.25, -0.2) is 4.39 Å². The van der Waals surface area contributed by atoms with E-state index in [1.807, 2.05) is 6.07 Å². The van der Waals surface area contributed by atoms with Crippen LogP contribution >= 0.6 is 0 Å². The summed E-state index contributed by atoms with van der Waals surface area (Å²) in [6.07, 6.45) is 1.99. The minimum absolute atomic E-state index is 0.0920. The van der Waals surface area contributed by atoms with Crippen molar-refractivity contribution in [1.29, 1.82) is 0 Å². The summed E-state index contributed by atoms with van der Waals surface area (Å²) in [6.45, 7) is 5.63. The van der Waals surface area contributed by atoms with E-state index in [0.717, 1.165) is 12.8 Å². The molecular weight excluding hydrogens is 243 g/mol. The zero-order valence-electron chi connectivity index (χ0n) is 11.9. The maximum Gasteiger partial charge on any atom is 0.132 e. The fourth-order valence-electron chi connectivity index (χ4n) is 2.46. The summed E-state index contributed by atoms with van der Waals surface area (Å²) in [6, 6.07) is 5.71. The predicted octanol–water partition coefficient (Wildman–Crippen LogP) is 2.27. The van der Waals surface area contributed by atoms with E-state index >= 15 is 0 Å². The summed E-state index contributed by atoms with van der Waals surface area (Å²) in [5.74, 6) is -0.209. The van der Waals surface area contributed by atoms with Crippen molar-refractivity contribution in [2.24, 2.45) is 5.73 Å². The highest BCUT2D eigenvalue weighted by Crippen LogP contribution is 2.18. The summed E-state index contributed by atoms with van der Waals surface area (Å²) < 4.78 is 14.2. The van der Waals surface area contributed by atoms with E-state index in [9.17, 15) is 4.39 Å². The fourth-order valence-corrected chi connectivity index (χ4v) is 2.46. The standard InChI is InChI=1S/C15H25FN2O/c1-3-14(4-2)18(8-9-19)11-13-7-5-6-12(10-17)15(13)16/h5-7,14,19H,3-4,8-11,17H2,1-2H3. The van der Waals surface area contributed by atoms with Crippen LogP contribution in [0.25, 0.3) is 0 Å². The monoisotopic (exact) mass is 268 g/mol. The summed E-state index contributed by atoms with van der Waals surface area (Å²) in [7, 11) is 0. The number of halogens is 1. The van der Waals surface area contributed by atoms with E-state index in [4.69, 9.17) is 10.8 Å². The van der Waals surface area contributed by atoms with Gasteiger partial charge in [0.1, 0.15) is 5.82 Å². The Morgan fingerprint density at radius 3 is 2.42 bits per heavy atom. The van der Waals surface area contributed by atoms with Crippen LogP contribution in [0.3, 0.4) is 0 Å². The SMILES string of the molecule is CCC(CC)N(CCO)Cc1cccc(CN)c1F. The van der Waals surface area contributed by atoms with Gasteiger partial charge in [0.2, 0.25) is 0 Å². The molecule has 19 heavy (non-hydrogen) atoms. The fraction of sp³-hybridized carbons (Fsp3) is 0.600. The molecule has 0 unspecified atom stereocenters. The molecule has 0 amide bonds. The third-order valence-corrected chi connectivity index (χ3v) is 3.60. The maximum absolute atomic E-state index is 14.2. The first-order valence-corrected chi connectivity index (χ1v) is 6.99. The second kappa shape index (κ2) is 8.25. The minimum atomic E-state index is -0.209. The molecule has 0 aliphatic carbocycles. The van der Waals surface area contributed by atoms with E-state index in [2.05, 4.69) is 18.7 Å².